The van der Waals surface area contributed by atoms with Gasteiger partial charge in [0.05, 0.1) is 12.7 Å². The molecule has 1 fully saturated rings. The van der Waals surface area contributed by atoms with E-state index >= 15 is 0 Å². The summed E-state index contributed by atoms with van der Waals surface area (Å²) in [4.78, 5) is 6.94. The zero-order valence-corrected chi connectivity index (χ0v) is 14.4. The van der Waals surface area contributed by atoms with Crippen molar-refractivity contribution >= 4 is 0 Å². The molecule has 1 aliphatic heterocycles. The van der Waals surface area contributed by atoms with Crippen molar-refractivity contribution in [3.8, 4) is 11.8 Å². The van der Waals surface area contributed by atoms with Gasteiger partial charge < -0.3 is 9.30 Å². The summed E-state index contributed by atoms with van der Waals surface area (Å²) in [6.07, 6.45) is 7.39. The first-order chi connectivity index (χ1) is 11.7. The molecule has 2 aromatic rings. The Morgan fingerprint density at radius 1 is 1.42 bits per heavy atom. The Hall–Kier alpha value is -2.32. The van der Waals surface area contributed by atoms with Crippen molar-refractivity contribution in [2.45, 2.75) is 25.8 Å². The maximum absolute atomic E-state index is 9.24. The molecule has 0 spiro atoms. The van der Waals surface area contributed by atoms with Crippen LogP contribution in [0, 0.1) is 17.2 Å². The van der Waals surface area contributed by atoms with Gasteiger partial charge in [0.2, 0.25) is 0 Å². The highest BCUT2D eigenvalue weighted by molar-refractivity contribution is 5.45. The molecule has 1 aliphatic rings. The van der Waals surface area contributed by atoms with E-state index in [2.05, 4.69) is 33.6 Å². The molecule has 0 aliphatic carbocycles. The lowest BCUT2D eigenvalue weighted by molar-refractivity contribution is 0.165. The van der Waals surface area contributed by atoms with E-state index in [-0.39, 0.29) is 0 Å². The fraction of sp³-hybridized carbons (Fsp3) is 0.474. The molecular weight excluding hydrogens is 300 g/mol. The van der Waals surface area contributed by atoms with E-state index in [0.717, 1.165) is 31.9 Å². The number of aryl methyl sites for hydroxylation is 1. The summed E-state index contributed by atoms with van der Waals surface area (Å²) >= 11 is 0. The van der Waals surface area contributed by atoms with Crippen LogP contribution in [-0.2, 0) is 20.0 Å². The van der Waals surface area contributed by atoms with Crippen LogP contribution >= 0.6 is 0 Å². The number of piperidine rings is 1. The predicted molar refractivity (Wildman–Crippen MR) is 92.6 cm³/mol. The molecule has 24 heavy (non-hydrogen) atoms. The summed E-state index contributed by atoms with van der Waals surface area (Å²) in [7, 11) is 3.66. The molecule has 0 N–H and O–H groups in total. The van der Waals surface area contributed by atoms with Gasteiger partial charge in [0.15, 0.2) is 0 Å². The minimum Gasteiger partial charge on any atom is -0.495 e. The molecule has 0 saturated carbocycles. The summed E-state index contributed by atoms with van der Waals surface area (Å²) in [5, 5.41) is 9.24. The average Bonchev–Trinajstić information content (AvgIpc) is 3.00. The molecule has 3 rings (SSSR count). The van der Waals surface area contributed by atoms with Crippen LogP contribution in [0.15, 0.2) is 30.6 Å². The number of ether oxygens (including phenoxy) is 1. The van der Waals surface area contributed by atoms with E-state index in [9.17, 15) is 5.26 Å². The SMILES string of the molecule is COc1ccc(CN2CCCC(Cc3nccn3C)C2)cc1C#N. The Morgan fingerprint density at radius 3 is 3.00 bits per heavy atom. The summed E-state index contributed by atoms with van der Waals surface area (Å²) in [6, 6.07) is 8.11. The number of rotatable bonds is 5. The van der Waals surface area contributed by atoms with Gasteiger partial charge in [0.1, 0.15) is 17.6 Å². The Bertz CT molecular complexity index is 731. The summed E-state index contributed by atoms with van der Waals surface area (Å²) in [6.45, 7) is 3.08. The van der Waals surface area contributed by atoms with E-state index in [0.29, 0.717) is 17.2 Å². The number of benzene rings is 1. The minimum atomic E-state index is 0.608. The van der Waals surface area contributed by atoms with E-state index in [1.165, 1.54) is 18.4 Å². The molecule has 126 valence electrons. The third-order valence-corrected chi connectivity index (χ3v) is 4.79. The number of hydrogen-bond donors (Lipinski definition) is 0. The molecule has 0 amide bonds. The maximum atomic E-state index is 9.24. The number of nitrogens with zero attached hydrogens (tertiary/aromatic N) is 4. The number of hydrogen-bond acceptors (Lipinski definition) is 4. The van der Waals surface area contributed by atoms with Gasteiger partial charge in [-0.05, 0) is 43.0 Å². The molecular formula is C19H24N4O. The topological polar surface area (TPSA) is 54.1 Å². The van der Waals surface area contributed by atoms with Crippen molar-refractivity contribution in [3.05, 3.63) is 47.5 Å². The van der Waals surface area contributed by atoms with Crippen LogP contribution in [0.3, 0.4) is 0 Å². The lowest BCUT2D eigenvalue weighted by Gasteiger charge is -2.32. The van der Waals surface area contributed by atoms with E-state index in [4.69, 9.17) is 4.74 Å². The van der Waals surface area contributed by atoms with E-state index in [1.54, 1.807) is 7.11 Å². The average molecular weight is 324 g/mol. The van der Waals surface area contributed by atoms with Gasteiger partial charge in [0.25, 0.3) is 0 Å². The number of aromatic nitrogens is 2. The van der Waals surface area contributed by atoms with Crippen molar-refractivity contribution in [2.75, 3.05) is 20.2 Å². The largest absolute Gasteiger partial charge is 0.495 e. The van der Waals surface area contributed by atoms with Crippen LogP contribution in [0.5, 0.6) is 5.75 Å². The number of likely N-dealkylation sites (tertiary alicyclic amines) is 1. The highest BCUT2D eigenvalue weighted by Gasteiger charge is 2.21. The Balaban J connectivity index is 1.63. The fourth-order valence-electron chi connectivity index (χ4n) is 3.51. The molecule has 1 atom stereocenters. The van der Waals surface area contributed by atoms with Gasteiger partial charge in [-0.1, -0.05) is 6.07 Å². The van der Waals surface area contributed by atoms with Crippen molar-refractivity contribution in [1.29, 1.82) is 5.26 Å². The van der Waals surface area contributed by atoms with Crippen molar-refractivity contribution in [2.24, 2.45) is 13.0 Å². The highest BCUT2D eigenvalue weighted by atomic mass is 16.5. The third kappa shape index (κ3) is 3.77. The van der Waals surface area contributed by atoms with Gasteiger partial charge in [-0.25, -0.2) is 4.98 Å². The van der Waals surface area contributed by atoms with Crippen LogP contribution in [0.2, 0.25) is 0 Å². The normalized spacial score (nSPS) is 18.3. The summed E-state index contributed by atoms with van der Waals surface area (Å²) in [5.41, 5.74) is 1.78. The minimum absolute atomic E-state index is 0.608. The Morgan fingerprint density at radius 2 is 2.29 bits per heavy atom. The van der Waals surface area contributed by atoms with Gasteiger partial charge in [-0.2, -0.15) is 5.26 Å². The van der Waals surface area contributed by atoms with Crippen molar-refractivity contribution in [3.63, 3.8) is 0 Å². The summed E-state index contributed by atoms with van der Waals surface area (Å²) in [5.74, 6) is 2.46. The molecule has 1 saturated heterocycles. The molecule has 5 nitrogen and oxygen atoms in total. The third-order valence-electron chi connectivity index (χ3n) is 4.79. The lowest BCUT2D eigenvalue weighted by Crippen LogP contribution is -2.36. The fourth-order valence-corrected chi connectivity index (χ4v) is 3.51. The number of imidazole rings is 1. The molecule has 1 aromatic carbocycles. The first-order valence-corrected chi connectivity index (χ1v) is 8.45. The van der Waals surface area contributed by atoms with E-state index in [1.807, 2.05) is 24.5 Å². The standard InChI is InChI=1S/C19H24N4O/c1-22-9-7-21-19(22)11-15-4-3-8-23(13-15)14-16-5-6-18(24-2)17(10-16)12-20/h5-7,9-10,15H,3-4,8,11,13-14H2,1-2H3. The van der Waals surface area contributed by atoms with Gasteiger partial charge in [-0.3, -0.25) is 4.90 Å². The lowest BCUT2D eigenvalue weighted by atomic mass is 9.94. The maximum Gasteiger partial charge on any atom is 0.136 e. The van der Waals surface area contributed by atoms with Crippen LogP contribution < -0.4 is 4.74 Å². The van der Waals surface area contributed by atoms with Crippen molar-refractivity contribution < 1.29 is 4.74 Å². The quantitative estimate of drug-likeness (QED) is 0.848. The number of nitriles is 1. The first kappa shape index (κ1) is 16.5. The predicted octanol–water partition coefficient (Wildman–Crippen LogP) is 2.76. The second kappa shape index (κ2) is 7.50. The Labute approximate surface area is 143 Å². The Kier molecular flexibility index (Phi) is 5.17. The molecule has 2 heterocycles. The van der Waals surface area contributed by atoms with Crippen LogP contribution in [0.1, 0.15) is 29.8 Å². The van der Waals surface area contributed by atoms with Gasteiger partial charge in [-0.15, -0.1) is 0 Å². The molecule has 1 aromatic heterocycles. The zero-order valence-electron chi connectivity index (χ0n) is 14.4. The zero-order chi connectivity index (χ0) is 16.9. The van der Waals surface area contributed by atoms with Crippen LogP contribution in [0.4, 0.5) is 0 Å². The molecule has 0 radical (unpaired) electrons. The monoisotopic (exact) mass is 324 g/mol. The van der Waals surface area contributed by atoms with Crippen LogP contribution in [0.25, 0.3) is 0 Å². The second-order valence-corrected chi connectivity index (χ2v) is 6.55. The molecule has 5 heteroatoms. The van der Waals surface area contributed by atoms with Gasteiger partial charge >= 0.3 is 0 Å². The van der Waals surface area contributed by atoms with E-state index < -0.39 is 0 Å². The highest BCUT2D eigenvalue weighted by Crippen LogP contribution is 2.24. The smallest absolute Gasteiger partial charge is 0.136 e. The van der Waals surface area contributed by atoms with Gasteiger partial charge in [0, 0.05) is 39.0 Å². The molecule has 1 unspecified atom stereocenters. The first-order valence-electron chi connectivity index (χ1n) is 8.45. The number of methoxy groups -OCH3 is 1. The summed E-state index contributed by atoms with van der Waals surface area (Å²) < 4.78 is 7.34. The second-order valence-electron chi connectivity index (χ2n) is 6.55. The van der Waals surface area contributed by atoms with Crippen LogP contribution in [-0.4, -0.2) is 34.7 Å². The van der Waals surface area contributed by atoms with Crippen molar-refractivity contribution in [1.82, 2.24) is 14.5 Å². The molecule has 0 bridgehead atoms.